The molecule has 3 rings (SSSR count). The van der Waals surface area contributed by atoms with Crippen LogP contribution in [-0.4, -0.2) is 15.6 Å². The molecule has 0 aliphatic carbocycles. The van der Waals surface area contributed by atoms with E-state index in [1.807, 2.05) is 27.0 Å². The van der Waals surface area contributed by atoms with E-state index in [2.05, 4.69) is 5.10 Å². The highest BCUT2D eigenvalue weighted by atomic mass is 16.4. The summed E-state index contributed by atoms with van der Waals surface area (Å²) in [6, 6.07) is 8.67. The average molecular weight is 308 g/mol. The summed E-state index contributed by atoms with van der Waals surface area (Å²) in [4.78, 5) is 24.3. The van der Waals surface area contributed by atoms with Gasteiger partial charge in [-0.3, -0.25) is 9.48 Å². The molecule has 2 aromatic heterocycles. The molecule has 0 unspecified atom stereocenters. The van der Waals surface area contributed by atoms with Crippen LogP contribution in [0.5, 0.6) is 0 Å². The third-order valence-corrected chi connectivity index (χ3v) is 3.87. The SMILES string of the molecule is Cc1nn(C)c(C)c1C=CC(=O)c1cc2ccccc2oc1=O. The van der Waals surface area contributed by atoms with E-state index in [1.54, 1.807) is 35.0 Å². The Hall–Kier alpha value is -2.95. The molecule has 2 heterocycles. The zero-order valence-corrected chi connectivity index (χ0v) is 13.2. The number of aryl methyl sites for hydroxylation is 2. The fourth-order valence-electron chi connectivity index (χ4n) is 2.51. The van der Waals surface area contributed by atoms with E-state index in [-0.39, 0.29) is 11.3 Å². The third kappa shape index (κ3) is 2.73. The Labute approximate surface area is 132 Å². The van der Waals surface area contributed by atoms with Crippen LogP contribution in [0.1, 0.15) is 27.3 Å². The first-order chi connectivity index (χ1) is 11.0. The first-order valence-electron chi connectivity index (χ1n) is 7.23. The van der Waals surface area contributed by atoms with E-state index < -0.39 is 5.63 Å². The molecule has 23 heavy (non-hydrogen) atoms. The summed E-state index contributed by atoms with van der Waals surface area (Å²) < 4.78 is 6.94. The lowest BCUT2D eigenvalue weighted by Gasteiger charge is -1.99. The Kier molecular flexibility index (Phi) is 3.70. The maximum absolute atomic E-state index is 12.3. The van der Waals surface area contributed by atoms with Gasteiger partial charge < -0.3 is 4.42 Å². The number of fused-ring (bicyclic) bond motifs is 1. The van der Waals surface area contributed by atoms with Gasteiger partial charge >= 0.3 is 5.63 Å². The first kappa shape index (κ1) is 15.0. The zero-order valence-electron chi connectivity index (χ0n) is 13.2. The van der Waals surface area contributed by atoms with Crippen molar-refractivity contribution in [3.05, 3.63) is 69.3 Å². The molecule has 0 fully saturated rings. The minimum atomic E-state index is -0.627. The van der Waals surface area contributed by atoms with Gasteiger partial charge in [0.15, 0.2) is 5.78 Å². The van der Waals surface area contributed by atoms with Crippen LogP contribution in [0, 0.1) is 13.8 Å². The summed E-state index contributed by atoms with van der Waals surface area (Å²) in [6.45, 7) is 3.80. The number of nitrogens with zero attached hydrogens (tertiary/aromatic N) is 2. The second-order valence-corrected chi connectivity index (χ2v) is 5.39. The molecular formula is C18H16N2O3. The molecule has 0 atom stereocenters. The first-order valence-corrected chi connectivity index (χ1v) is 7.23. The highest BCUT2D eigenvalue weighted by Gasteiger charge is 2.12. The standard InChI is InChI=1S/C18H16N2O3/c1-11-14(12(2)20(3)19-11)8-9-16(21)15-10-13-6-4-5-7-17(13)23-18(15)22/h4-10H,1-3H3. The lowest BCUT2D eigenvalue weighted by Crippen LogP contribution is -2.11. The molecule has 0 saturated heterocycles. The zero-order chi connectivity index (χ0) is 16.6. The quantitative estimate of drug-likeness (QED) is 0.424. The topological polar surface area (TPSA) is 65.1 Å². The Morgan fingerprint density at radius 2 is 2.00 bits per heavy atom. The molecule has 116 valence electrons. The Balaban J connectivity index is 1.99. The second kappa shape index (κ2) is 5.68. The Bertz CT molecular complexity index is 993. The summed E-state index contributed by atoms with van der Waals surface area (Å²) in [5.41, 5.74) is 2.54. The van der Waals surface area contributed by atoms with E-state index in [4.69, 9.17) is 4.42 Å². The van der Waals surface area contributed by atoms with Crippen molar-refractivity contribution in [3.63, 3.8) is 0 Å². The molecular weight excluding hydrogens is 292 g/mol. The van der Waals surface area contributed by atoms with Crippen molar-refractivity contribution in [1.82, 2.24) is 9.78 Å². The maximum atomic E-state index is 12.3. The fourth-order valence-corrected chi connectivity index (χ4v) is 2.51. The highest BCUT2D eigenvalue weighted by Crippen LogP contribution is 2.16. The van der Waals surface area contributed by atoms with Gasteiger partial charge in [0, 0.05) is 23.7 Å². The molecule has 5 nitrogen and oxygen atoms in total. The van der Waals surface area contributed by atoms with E-state index >= 15 is 0 Å². The van der Waals surface area contributed by atoms with Crippen LogP contribution in [0.25, 0.3) is 17.0 Å². The highest BCUT2D eigenvalue weighted by molar-refractivity contribution is 6.07. The molecule has 0 N–H and O–H groups in total. The van der Waals surface area contributed by atoms with Gasteiger partial charge in [-0.1, -0.05) is 18.2 Å². The summed E-state index contributed by atoms with van der Waals surface area (Å²) in [7, 11) is 1.85. The monoisotopic (exact) mass is 308 g/mol. The summed E-state index contributed by atoms with van der Waals surface area (Å²) in [5.74, 6) is -0.382. The van der Waals surface area contributed by atoms with Crippen molar-refractivity contribution >= 4 is 22.8 Å². The normalized spacial score (nSPS) is 11.4. The van der Waals surface area contributed by atoms with Crippen LogP contribution < -0.4 is 5.63 Å². The molecule has 0 spiro atoms. The predicted molar refractivity (Wildman–Crippen MR) is 88.5 cm³/mol. The number of para-hydroxylation sites is 1. The van der Waals surface area contributed by atoms with Gasteiger partial charge in [0.2, 0.25) is 0 Å². The number of benzene rings is 1. The second-order valence-electron chi connectivity index (χ2n) is 5.39. The number of hydrogen-bond acceptors (Lipinski definition) is 4. The molecule has 0 saturated carbocycles. The lowest BCUT2D eigenvalue weighted by molar-refractivity contribution is 0.104. The lowest BCUT2D eigenvalue weighted by atomic mass is 10.1. The van der Waals surface area contributed by atoms with E-state index in [0.717, 1.165) is 22.3 Å². The number of carbonyl (C=O) groups excluding carboxylic acids is 1. The van der Waals surface area contributed by atoms with Crippen molar-refractivity contribution < 1.29 is 9.21 Å². The van der Waals surface area contributed by atoms with Gasteiger partial charge in [-0.25, -0.2) is 4.79 Å². The molecule has 0 amide bonds. The molecule has 0 aliphatic rings. The van der Waals surface area contributed by atoms with Crippen LogP contribution >= 0.6 is 0 Å². The molecule has 0 radical (unpaired) electrons. The van der Waals surface area contributed by atoms with Crippen LogP contribution in [0.4, 0.5) is 0 Å². The summed E-state index contributed by atoms with van der Waals surface area (Å²) in [5, 5.41) is 5.01. The minimum absolute atomic E-state index is 0.0270. The number of allylic oxidation sites excluding steroid dienone is 1. The number of carbonyl (C=O) groups is 1. The van der Waals surface area contributed by atoms with Gasteiger partial charge in [-0.15, -0.1) is 0 Å². The number of ketones is 1. The number of rotatable bonds is 3. The molecule has 1 aromatic carbocycles. The largest absolute Gasteiger partial charge is 0.422 e. The van der Waals surface area contributed by atoms with Crippen molar-refractivity contribution in [2.45, 2.75) is 13.8 Å². The van der Waals surface area contributed by atoms with Crippen LogP contribution in [0.2, 0.25) is 0 Å². The van der Waals surface area contributed by atoms with Crippen molar-refractivity contribution in [3.8, 4) is 0 Å². The van der Waals surface area contributed by atoms with Crippen LogP contribution in [-0.2, 0) is 7.05 Å². The van der Waals surface area contributed by atoms with Gasteiger partial charge in [-0.05, 0) is 38.1 Å². The summed E-state index contributed by atoms with van der Waals surface area (Å²) >= 11 is 0. The average Bonchev–Trinajstić information content (AvgIpc) is 2.77. The van der Waals surface area contributed by atoms with Gasteiger partial charge in [0.05, 0.1) is 5.69 Å². The van der Waals surface area contributed by atoms with Crippen molar-refractivity contribution in [2.75, 3.05) is 0 Å². The Morgan fingerprint density at radius 3 is 2.70 bits per heavy atom. The summed E-state index contributed by atoms with van der Waals surface area (Å²) in [6.07, 6.45) is 3.08. The fraction of sp³-hybridized carbons (Fsp3) is 0.167. The van der Waals surface area contributed by atoms with Gasteiger partial charge in [0.25, 0.3) is 0 Å². The molecule has 3 aromatic rings. The van der Waals surface area contributed by atoms with E-state index in [1.165, 1.54) is 6.08 Å². The smallest absolute Gasteiger partial charge is 0.347 e. The van der Waals surface area contributed by atoms with E-state index in [9.17, 15) is 9.59 Å². The third-order valence-electron chi connectivity index (χ3n) is 3.87. The van der Waals surface area contributed by atoms with E-state index in [0.29, 0.717) is 5.58 Å². The Morgan fingerprint density at radius 1 is 1.26 bits per heavy atom. The molecule has 0 aliphatic heterocycles. The van der Waals surface area contributed by atoms with Gasteiger partial charge in [0.1, 0.15) is 11.1 Å². The molecule has 5 heteroatoms. The minimum Gasteiger partial charge on any atom is -0.422 e. The predicted octanol–water partition coefficient (Wildman–Crippen LogP) is 3.04. The van der Waals surface area contributed by atoms with Crippen molar-refractivity contribution in [2.24, 2.45) is 7.05 Å². The van der Waals surface area contributed by atoms with Crippen LogP contribution in [0.3, 0.4) is 0 Å². The van der Waals surface area contributed by atoms with Gasteiger partial charge in [-0.2, -0.15) is 5.10 Å². The van der Waals surface area contributed by atoms with Crippen LogP contribution in [0.15, 0.2) is 45.6 Å². The van der Waals surface area contributed by atoms with Crippen molar-refractivity contribution in [1.29, 1.82) is 0 Å². The maximum Gasteiger partial charge on any atom is 0.347 e. The number of aromatic nitrogens is 2. The molecule has 0 bridgehead atoms. The number of hydrogen-bond donors (Lipinski definition) is 0.